The van der Waals surface area contributed by atoms with Crippen LogP contribution >= 0.6 is 0 Å². The van der Waals surface area contributed by atoms with Gasteiger partial charge in [0, 0.05) is 0 Å². The summed E-state index contributed by atoms with van der Waals surface area (Å²) in [5.41, 5.74) is 5.66. The van der Waals surface area contributed by atoms with Crippen LogP contribution < -0.4 is 0 Å². The molecule has 2 aliphatic rings. The lowest BCUT2D eigenvalue weighted by Gasteiger charge is -2.47. The number of aliphatic hydroxyl groups excluding tert-OH is 2. The quantitative estimate of drug-likeness (QED) is 0.0691. The minimum absolute atomic E-state index is 0.123. The first-order valence-electron chi connectivity index (χ1n) is 22.3. The summed E-state index contributed by atoms with van der Waals surface area (Å²) >= 11 is 0. The van der Waals surface area contributed by atoms with Crippen molar-refractivity contribution in [2.24, 2.45) is 0 Å². The highest BCUT2D eigenvalue weighted by Gasteiger charge is 2.51. The summed E-state index contributed by atoms with van der Waals surface area (Å²) in [6.45, 7) is 0.863. The van der Waals surface area contributed by atoms with Crippen molar-refractivity contribution in [3.05, 3.63) is 215 Å². The van der Waals surface area contributed by atoms with Crippen molar-refractivity contribution in [2.45, 2.75) is 101 Å². The molecular weight excluding hydrogens is 825 g/mol. The van der Waals surface area contributed by atoms with Gasteiger partial charge in [0.25, 0.3) is 0 Å². The Bertz CT molecular complexity index is 2210. The molecule has 6 aromatic rings. The molecule has 2 aliphatic heterocycles. The third-order valence-electron chi connectivity index (χ3n) is 11.5. The molecule has 340 valence electrons. The molecule has 0 spiro atoms. The van der Waals surface area contributed by atoms with Crippen LogP contribution in [0, 0.1) is 0 Å². The summed E-state index contributed by atoms with van der Waals surface area (Å²) in [7, 11) is 0. The Labute approximate surface area is 381 Å². The molecule has 10 atom stereocenters. The molecule has 0 radical (unpaired) electrons. The molecule has 2 saturated heterocycles. The van der Waals surface area contributed by atoms with E-state index in [9.17, 15) is 10.2 Å². The van der Waals surface area contributed by atoms with Crippen molar-refractivity contribution >= 4 is 0 Å². The second-order valence-electron chi connectivity index (χ2n) is 16.2. The zero-order chi connectivity index (χ0) is 44.5. The topological polar surface area (TPSA) is 124 Å². The predicted molar refractivity (Wildman–Crippen MR) is 243 cm³/mol. The molecule has 0 aromatic heterocycles. The molecule has 2 fully saturated rings. The Morgan fingerprint density at radius 2 is 0.615 bits per heavy atom. The number of benzene rings is 6. The van der Waals surface area contributed by atoms with Crippen LogP contribution in [0.3, 0.4) is 0 Å². The Morgan fingerprint density at radius 1 is 0.323 bits per heavy atom. The molecule has 2 heterocycles. The summed E-state index contributed by atoms with van der Waals surface area (Å²) < 4.78 is 59.8. The lowest BCUT2D eigenvalue weighted by atomic mass is 9.97. The van der Waals surface area contributed by atoms with Crippen molar-refractivity contribution in [1.29, 1.82) is 0 Å². The molecule has 0 bridgehead atoms. The highest BCUT2D eigenvalue weighted by molar-refractivity contribution is 5.18. The van der Waals surface area contributed by atoms with Gasteiger partial charge in [-0.1, -0.05) is 182 Å². The van der Waals surface area contributed by atoms with E-state index in [4.69, 9.17) is 42.6 Å². The van der Waals surface area contributed by atoms with E-state index >= 15 is 0 Å². The number of hydrogen-bond donors (Lipinski definition) is 2. The fraction of sp³-hybridized carbons (Fsp3) is 0.333. The minimum atomic E-state index is -1.41. The first-order valence-corrected chi connectivity index (χ1v) is 22.3. The average molecular weight is 883 g/mol. The lowest BCUT2D eigenvalue weighted by molar-refractivity contribution is -0.348. The van der Waals surface area contributed by atoms with Crippen LogP contribution in [0.15, 0.2) is 182 Å². The molecule has 65 heavy (non-hydrogen) atoms. The van der Waals surface area contributed by atoms with E-state index in [1.165, 1.54) is 0 Å². The minimum Gasteiger partial charge on any atom is -0.394 e. The molecule has 0 amide bonds. The Kier molecular flexibility index (Phi) is 17.4. The summed E-state index contributed by atoms with van der Waals surface area (Å²) in [4.78, 5) is 0. The van der Waals surface area contributed by atoms with Crippen LogP contribution in [0.2, 0.25) is 0 Å². The predicted octanol–water partition coefficient (Wildman–Crippen LogP) is 7.95. The normalized spacial score (nSPS) is 25.6. The zero-order valence-corrected chi connectivity index (χ0v) is 36.3. The molecule has 11 heteroatoms. The zero-order valence-electron chi connectivity index (χ0n) is 36.3. The molecule has 0 unspecified atom stereocenters. The maximum atomic E-state index is 11.8. The molecule has 8 rings (SSSR count). The van der Waals surface area contributed by atoms with Gasteiger partial charge in [0.1, 0.15) is 48.8 Å². The highest BCUT2D eigenvalue weighted by Crippen LogP contribution is 2.34. The van der Waals surface area contributed by atoms with Gasteiger partial charge in [0.15, 0.2) is 12.6 Å². The summed E-state index contributed by atoms with van der Waals surface area (Å²) in [5, 5.41) is 22.7. The van der Waals surface area contributed by atoms with Crippen LogP contribution in [0.4, 0.5) is 0 Å². The number of rotatable bonds is 22. The lowest BCUT2D eigenvalue weighted by Crippen LogP contribution is -2.63. The number of aliphatic hydroxyl groups is 2. The van der Waals surface area contributed by atoms with Gasteiger partial charge in [0.05, 0.1) is 52.9 Å². The van der Waals surface area contributed by atoms with E-state index in [0.29, 0.717) is 0 Å². The largest absolute Gasteiger partial charge is 0.394 e. The highest BCUT2D eigenvalue weighted by atomic mass is 16.7. The SMILES string of the molecule is OC[C@H]1O[C@H](OC[C@H]2O[C@@H](O)[C@H](OCc3ccccc3)[C@@H](OCc3ccccc3)[C@@H]2OCc2ccccc2)[C@H](OCc2ccccc2)[C@@H](OCc2ccccc2)[C@@H]1OCc1ccccc1. The summed E-state index contributed by atoms with van der Waals surface area (Å²) in [6.07, 6.45) is -9.14. The maximum Gasteiger partial charge on any atom is 0.187 e. The van der Waals surface area contributed by atoms with Crippen LogP contribution in [0.1, 0.15) is 33.4 Å². The average Bonchev–Trinajstić information content (AvgIpc) is 3.36. The Morgan fingerprint density at radius 3 is 0.969 bits per heavy atom. The molecular formula is C54H58O11. The number of ether oxygens (including phenoxy) is 9. The Hall–Kier alpha value is -5.12. The van der Waals surface area contributed by atoms with Gasteiger partial charge in [-0.05, 0) is 33.4 Å². The van der Waals surface area contributed by atoms with E-state index in [-0.39, 0.29) is 52.9 Å². The third kappa shape index (κ3) is 13.3. The second kappa shape index (κ2) is 24.4. The first-order chi connectivity index (χ1) is 32.1. The molecule has 6 aromatic carbocycles. The van der Waals surface area contributed by atoms with Crippen molar-refractivity contribution < 1.29 is 52.8 Å². The Balaban J connectivity index is 1.09. The molecule has 0 aliphatic carbocycles. The van der Waals surface area contributed by atoms with Crippen molar-refractivity contribution in [2.75, 3.05) is 13.2 Å². The van der Waals surface area contributed by atoms with Gasteiger partial charge in [-0.15, -0.1) is 0 Å². The van der Waals surface area contributed by atoms with E-state index in [2.05, 4.69) is 0 Å². The van der Waals surface area contributed by atoms with E-state index in [1.54, 1.807) is 0 Å². The van der Waals surface area contributed by atoms with E-state index in [1.807, 2.05) is 182 Å². The van der Waals surface area contributed by atoms with Gasteiger partial charge < -0.3 is 52.8 Å². The fourth-order valence-electron chi connectivity index (χ4n) is 8.11. The van der Waals surface area contributed by atoms with E-state index < -0.39 is 61.4 Å². The van der Waals surface area contributed by atoms with Gasteiger partial charge in [0.2, 0.25) is 0 Å². The van der Waals surface area contributed by atoms with E-state index in [0.717, 1.165) is 33.4 Å². The van der Waals surface area contributed by atoms with Crippen LogP contribution in [0.5, 0.6) is 0 Å². The van der Waals surface area contributed by atoms with Crippen LogP contribution in [-0.4, -0.2) is 84.8 Å². The van der Waals surface area contributed by atoms with Crippen molar-refractivity contribution in [3.8, 4) is 0 Å². The van der Waals surface area contributed by atoms with Gasteiger partial charge in [-0.2, -0.15) is 0 Å². The van der Waals surface area contributed by atoms with Gasteiger partial charge >= 0.3 is 0 Å². The second-order valence-corrected chi connectivity index (χ2v) is 16.2. The fourth-order valence-corrected chi connectivity index (χ4v) is 8.11. The number of hydrogen-bond acceptors (Lipinski definition) is 11. The third-order valence-corrected chi connectivity index (χ3v) is 11.5. The molecule has 2 N–H and O–H groups in total. The van der Waals surface area contributed by atoms with Crippen LogP contribution in [0.25, 0.3) is 0 Å². The monoisotopic (exact) mass is 882 g/mol. The van der Waals surface area contributed by atoms with Crippen molar-refractivity contribution in [1.82, 2.24) is 0 Å². The smallest absolute Gasteiger partial charge is 0.187 e. The maximum absolute atomic E-state index is 11.8. The molecule has 11 nitrogen and oxygen atoms in total. The van der Waals surface area contributed by atoms with Gasteiger partial charge in [-0.3, -0.25) is 0 Å². The molecule has 0 saturated carbocycles. The summed E-state index contributed by atoms with van der Waals surface area (Å²) in [5.74, 6) is 0. The van der Waals surface area contributed by atoms with Crippen molar-refractivity contribution in [3.63, 3.8) is 0 Å². The summed E-state index contributed by atoms with van der Waals surface area (Å²) in [6, 6.07) is 58.9. The first kappa shape index (κ1) is 46.4. The van der Waals surface area contributed by atoms with Crippen LogP contribution in [-0.2, 0) is 82.3 Å². The standard InChI is InChI=1S/C54H58O11/c55-31-45-47(57-32-39-19-7-1-8-20-39)50(60-35-42-25-13-4-14-26-42)52(62-37-44-29-17-6-18-30-44)54(65-45)63-38-46-48(58-33-40-21-9-2-10-22-40)49(59-34-41-23-11-3-12-24-41)51(53(56)64-46)61-36-43-27-15-5-16-28-43/h1-30,45-56H,31-38H2/t45-,46-,47-,48-,49+,50+,51-,52-,53-,54+/m1/s1. The van der Waals surface area contributed by atoms with Gasteiger partial charge in [-0.25, -0.2) is 0 Å².